The molecular formula is C13H16ClIN2O. The zero-order valence-electron chi connectivity index (χ0n) is 10.2. The van der Waals surface area contributed by atoms with Crippen LogP contribution in [-0.2, 0) is 0 Å². The molecule has 1 N–H and O–H groups in total. The highest BCUT2D eigenvalue weighted by molar-refractivity contribution is 14.1. The largest absolute Gasteiger partial charge is 0.335 e. The van der Waals surface area contributed by atoms with E-state index < -0.39 is 0 Å². The first-order valence-electron chi connectivity index (χ1n) is 6.10. The van der Waals surface area contributed by atoms with E-state index >= 15 is 0 Å². The Kier molecular flexibility index (Phi) is 4.86. The summed E-state index contributed by atoms with van der Waals surface area (Å²) >= 11 is 8.24. The SMILES string of the molecule is CCN(C(=O)c1ccc(I)c(Cl)c1)C1CCNC1. The molecule has 0 radical (unpaired) electrons. The number of nitrogens with zero attached hydrogens (tertiary/aromatic N) is 1. The van der Waals surface area contributed by atoms with E-state index in [-0.39, 0.29) is 5.91 Å². The van der Waals surface area contributed by atoms with Crippen LogP contribution < -0.4 is 5.32 Å². The first-order valence-corrected chi connectivity index (χ1v) is 7.56. The van der Waals surface area contributed by atoms with Gasteiger partial charge >= 0.3 is 0 Å². The molecule has 1 unspecified atom stereocenters. The molecule has 1 saturated heterocycles. The number of carbonyl (C=O) groups excluding carboxylic acids is 1. The summed E-state index contributed by atoms with van der Waals surface area (Å²) < 4.78 is 0.969. The van der Waals surface area contributed by atoms with Crippen LogP contribution in [0.1, 0.15) is 23.7 Å². The van der Waals surface area contributed by atoms with Crippen molar-refractivity contribution < 1.29 is 4.79 Å². The summed E-state index contributed by atoms with van der Waals surface area (Å²) in [6, 6.07) is 5.80. The van der Waals surface area contributed by atoms with Crippen LogP contribution in [0, 0.1) is 3.57 Å². The van der Waals surface area contributed by atoms with Gasteiger partial charge < -0.3 is 10.2 Å². The van der Waals surface area contributed by atoms with Gasteiger partial charge in [0.1, 0.15) is 0 Å². The van der Waals surface area contributed by atoms with Crippen LogP contribution >= 0.6 is 34.2 Å². The van der Waals surface area contributed by atoms with Crippen LogP contribution in [-0.4, -0.2) is 36.5 Å². The molecule has 1 fully saturated rings. The summed E-state index contributed by atoms with van der Waals surface area (Å²) in [4.78, 5) is 14.4. The van der Waals surface area contributed by atoms with Gasteiger partial charge in [0, 0.05) is 28.3 Å². The van der Waals surface area contributed by atoms with Gasteiger partial charge in [-0.3, -0.25) is 4.79 Å². The van der Waals surface area contributed by atoms with E-state index in [1.54, 1.807) is 6.07 Å². The summed E-state index contributed by atoms with van der Waals surface area (Å²) in [6.45, 7) is 4.62. The second-order valence-corrected chi connectivity index (χ2v) is 5.94. The maximum Gasteiger partial charge on any atom is 0.254 e. The van der Waals surface area contributed by atoms with Crippen molar-refractivity contribution in [1.82, 2.24) is 10.2 Å². The predicted octanol–water partition coefficient (Wildman–Crippen LogP) is 2.77. The number of carbonyl (C=O) groups is 1. The zero-order chi connectivity index (χ0) is 13.1. The minimum atomic E-state index is 0.0736. The number of rotatable bonds is 3. The van der Waals surface area contributed by atoms with E-state index in [1.807, 2.05) is 24.0 Å². The Morgan fingerprint density at radius 2 is 2.39 bits per heavy atom. The average molecular weight is 379 g/mol. The second kappa shape index (κ2) is 6.21. The standard InChI is InChI=1S/C13H16ClIN2O/c1-2-17(10-5-6-16-8-10)13(18)9-3-4-12(15)11(14)7-9/h3-4,7,10,16H,2,5-6,8H2,1H3. The molecule has 2 rings (SSSR count). The molecule has 0 aromatic heterocycles. The van der Waals surface area contributed by atoms with Gasteiger partial charge in [0.05, 0.1) is 5.02 Å². The number of hydrogen-bond acceptors (Lipinski definition) is 2. The van der Waals surface area contributed by atoms with Gasteiger partial charge in [0.2, 0.25) is 0 Å². The third-order valence-electron chi connectivity index (χ3n) is 3.24. The minimum Gasteiger partial charge on any atom is -0.335 e. The predicted molar refractivity (Wildman–Crippen MR) is 82.2 cm³/mol. The summed E-state index contributed by atoms with van der Waals surface area (Å²) in [5.74, 6) is 0.0736. The molecule has 0 saturated carbocycles. The number of amides is 1. The Bertz CT molecular complexity index is 447. The minimum absolute atomic E-state index is 0.0736. The lowest BCUT2D eigenvalue weighted by Gasteiger charge is -2.27. The molecule has 0 aliphatic carbocycles. The van der Waals surface area contributed by atoms with Gasteiger partial charge in [-0.25, -0.2) is 0 Å². The highest BCUT2D eigenvalue weighted by atomic mass is 127. The van der Waals surface area contributed by atoms with Crippen LogP contribution in [0.2, 0.25) is 5.02 Å². The van der Waals surface area contributed by atoms with Crippen LogP contribution in [0.3, 0.4) is 0 Å². The molecule has 1 heterocycles. The van der Waals surface area contributed by atoms with Crippen molar-refractivity contribution in [2.75, 3.05) is 19.6 Å². The van der Waals surface area contributed by atoms with Crippen molar-refractivity contribution >= 4 is 40.1 Å². The molecule has 1 aromatic rings. The van der Waals surface area contributed by atoms with E-state index in [9.17, 15) is 4.79 Å². The van der Waals surface area contributed by atoms with Gasteiger partial charge in [0.15, 0.2) is 0 Å². The Hall–Kier alpha value is -0.330. The fourth-order valence-corrected chi connectivity index (χ4v) is 2.78. The summed E-state index contributed by atoms with van der Waals surface area (Å²) in [6.07, 6.45) is 1.03. The van der Waals surface area contributed by atoms with E-state index in [4.69, 9.17) is 11.6 Å². The topological polar surface area (TPSA) is 32.3 Å². The van der Waals surface area contributed by atoms with Gasteiger partial charge in [-0.05, 0) is 60.7 Å². The van der Waals surface area contributed by atoms with Crippen molar-refractivity contribution in [3.63, 3.8) is 0 Å². The summed E-state index contributed by atoms with van der Waals surface area (Å²) in [5, 5.41) is 3.93. The normalized spacial score (nSPS) is 18.9. The van der Waals surface area contributed by atoms with E-state index in [0.717, 1.165) is 29.6 Å². The van der Waals surface area contributed by atoms with E-state index in [0.29, 0.717) is 16.6 Å². The smallest absolute Gasteiger partial charge is 0.254 e. The number of likely N-dealkylation sites (N-methyl/N-ethyl adjacent to an activating group) is 1. The van der Waals surface area contributed by atoms with Crippen molar-refractivity contribution in [2.24, 2.45) is 0 Å². The van der Waals surface area contributed by atoms with Gasteiger partial charge in [-0.1, -0.05) is 11.6 Å². The van der Waals surface area contributed by atoms with Crippen molar-refractivity contribution in [1.29, 1.82) is 0 Å². The fraction of sp³-hybridized carbons (Fsp3) is 0.462. The summed E-state index contributed by atoms with van der Waals surface area (Å²) in [7, 11) is 0. The third-order valence-corrected chi connectivity index (χ3v) is 4.82. The van der Waals surface area contributed by atoms with Crippen molar-refractivity contribution in [3.05, 3.63) is 32.4 Å². The molecule has 1 aliphatic rings. The molecule has 1 amide bonds. The fourth-order valence-electron chi connectivity index (χ4n) is 2.27. The Labute approximate surface area is 126 Å². The zero-order valence-corrected chi connectivity index (χ0v) is 13.2. The molecule has 0 bridgehead atoms. The maximum atomic E-state index is 12.5. The molecule has 3 nitrogen and oxygen atoms in total. The van der Waals surface area contributed by atoms with Crippen LogP contribution in [0.15, 0.2) is 18.2 Å². The lowest BCUT2D eigenvalue weighted by molar-refractivity contribution is 0.0704. The van der Waals surface area contributed by atoms with E-state index in [2.05, 4.69) is 27.9 Å². The molecule has 18 heavy (non-hydrogen) atoms. The van der Waals surface area contributed by atoms with Crippen LogP contribution in [0.25, 0.3) is 0 Å². The molecule has 0 spiro atoms. The first kappa shape index (κ1) is 14.1. The number of hydrogen-bond donors (Lipinski definition) is 1. The van der Waals surface area contributed by atoms with E-state index in [1.165, 1.54) is 0 Å². The maximum absolute atomic E-state index is 12.5. The second-order valence-electron chi connectivity index (χ2n) is 4.37. The molecular weight excluding hydrogens is 363 g/mol. The van der Waals surface area contributed by atoms with Crippen molar-refractivity contribution in [3.8, 4) is 0 Å². The lowest BCUT2D eigenvalue weighted by Crippen LogP contribution is -2.41. The average Bonchev–Trinajstić information content (AvgIpc) is 2.87. The highest BCUT2D eigenvalue weighted by Gasteiger charge is 2.26. The van der Waals surface area contributed by atoms with Gasteiger partial charge in [0.25, 0.3) is 5.91 Å². The molecule has 1 aromatic carbocycles. The molecule has 1 aliphatic heterocycles. The highest BCUT2D eigenvalue weighted by Crippen LogP contribution is 2.21. The lowest BCUT2D eigenvalue weighted by atomic mass is 10.1. The van der Waals surface area contributed by atoms with Crippen LogP contribution in [0.4, 0.5) is 0 Å². The van der Waals surface area contributed by atoms with Gasteiger partial charge in [-0.2, -0.15) is 0 Å². The molecule has 98 valence electrons. The molecule has 1 atom stereocenters. The quantitative estimate of drug-likeness (QED) is 0.820. The van der Waals surface area contributed by atoms with Gasteiger partial charge in [-0.15, -0.1) is 0 Å². The number of benzene rings is 1. The third kappa shape index (κ3) is 2.97. The molecule has 5 heteroatoms. The Morgan fingerprint density at radius 1 is 1.61 bits per heavy atom. The first-order chi connectivity index (χ1) is 8.63. The summed E-state index contributed by atoms with van der Waals surface area (Å²) in [5.41, 5.74) is 0.675. The number of halogens is 2. The monoisotopic (exact) mass is 378 g/mol. The van der Waals surface area contributed by atoms with Crippen molar-refractivity contribution in [2.45, 2.75) is 19.4 Å². The number of nitrogens with one attached hydrogen (secondary N) is 1. The Balaban J connectivity index is 2.19. The Morgan fingerprint density at radius 3 is 2.94 bits per heavy atom. The van der Waals surface area contributed by atoms with Crippen LogP contribution in [0.5, 0.6) is 0 Å².